The Labute approximate surface area is 665 Å². The lowest BCUT2D eigenvalue weighted by Crippen LogP contribution is -2.64. The van der Waals surface area contributed by atoms with Crippen molar-refractivity contribution >= 4 is 92.8 Å². The quantitative estimate of drug-likeness (QED) is 0.0657. The largest absolute Gasteiger partial charge is 0.508 e. The van der Waals surface area contributed by atoms with Gasteiger partial charge in [-0.25, -0.2) is 0 Å². The molecule has 18 atom stereocenters. The number of nitrogens with one attached hydrogen (secondary N) is 9. The fourth-order valence-electron chi connectivity index (χ4n) is 14.3. The molecule has 0 saturated carbocycles. The maximum atomic E-state index is 16.3. The lowest BCUT2D eigenvalue weighted by atomic mass is 9.86. The van der Waals surface area contributed by atoms with E-state index in [0.29, 0.717) is 11.1 Å². The molecule has 7 aromatic carbocycles. The highest BCUT2D eigenvalue weighted by Gasteiger charge is 2.52. The molecule has 0 aliphatic carbocycles. The first-order valence-electron chi connectivity index (χ1n) is 36.4. The molecular formula is C78H85Cl2N11O24. The summed E-state index contributed by atoms with van der Waals surface area (Å²) >= 11 is 14.3. The van der Waals surface area contributed by atoms with Crippen LogP contribution in [0.1, 0.15) is 105 Å². The predicted molar refractivity (Wildman–Crippen MR) is 407 cm³/mol. The average molecular weight is 1630 g/mol. The summed E-state index contributed by atoms with van der Waals surface area (Å²) in [6.07, 6.45) is -18.8. The van der Waals surface area contributed by atoms with Gasteiger partial charge in [-0.1, -0.05) is 91.6 Å². The number of phenolic OH excluding ortho intramolecular Hbond substituents is 3. The summed E-state index contributed by atoms with van der Waals surface area (Å²) in [4.78, 5) is 134. The van der Waals surface area contributed by atoms with E-state index in [0.717, 1.165) is 72.1 Å². The molecule has 115 heavy (non-hydrogen) atoms. The number of nitrogens with two attached hydrogens (primary N) is 2. The van der Waals surface area contributed by atoms with Crippen LogP contribution in [0, 0.1) is 5.92 Å². The van der Waals surface area contributed by atoms with Crippen LogP contribution >= 0.6 is 23.2 Å². The predicted octanol–water partition coefficient (Wildman–Crippen LogP) is 1.93. The molecule has 9 amide bonds. The van der Waals surface area contributed by atoms with Gasteiger partial charge in [0.25, 0.3) is 0 Å². The fourth-order valence-corrected chi connectivity index (χ4v) is 14.8. The number of likely N-dealkylation sites (N-methyl/N-ethyl adjacent to an activating group) is 1. The Balaban J connectivity index is 1.05. The maximum Gasteiger partial charge on any atom is 0.248 e. The zero-order valence-electron chi connectivity index (χ0n) is 62.0. The van der Waals surface area contributed by atoms with Gasteiger partial charge in [-0.3, -0.25) is 43.2 Å². The van der Waals surface area contributed by atoms with E-state index >= 15 is 19.2 Å². The summed E-state index contributed by atoms with van der Waals surface area (Å²) in [6, 6.07) is 11.7. The smallest absolute Gasteiger partial charge is 0.248 e. The monoisotopic (exact) mass is 1630 g/mol. The second-order valence-electron chi connectivity index (χ2n) is 29.2. The average Bonchev–Trinajstić information content (AvgIpc) is 0.765. The highest BCUT2D eigenvalue weighted by atomic mass is 35.5. The molecule has 0 radical (unpaired) electrons. The summed E-state index contributed by atoms with van der Waals surface area (Å²) in [5.74, 6) is -16.2. The Hall–Kier alpha value is -11.0. The number of anilines is 1. The van der Waals surface area contributed by atoms with Gasteiger partial charge in [0.15, 0.2) is 23.9 Å². The van der Waals surface area contributed by atoms with Gasteiger partial charge in [-0.05, 0) is 127 Å². The van der Waals surface area contributed by atoms with E-state index in [9.17, 15) is 69.9 Å². The number of fused-ring (bicyclic) bond motifs is 16. The first-order valence-corrected chi connectivity index (χ1v) is 37.1. The van der Waals surface area contributed by atoms with Crippen LogP contribution in [0.4, 0.5) is 5.69 Å². The lowest BCUT2D eigenvalue weighted by Gasteiger charge is -2.47. The van der Waals surface area contributed by atoms with Crippen LogP contribution in [0.2, 0.25) is 10.0 Å². The van der Waals surface area contributed by atoms with Crippen molar-refractivity contribution in [2.45, 2.75) is 156 Å². The van der Waals surface area contributed by atoms with E-state index in [2.05, 4.69) is 47.9 Å². The zero-order valence-corrected chi connectivity index (χ0v) is 63.5. The second kappa shape index (κ2) is 34.6. The van der Waals surface area contributed by atoms with E-state index < -0.39 is 250 Å². The minimum atomic E-state index is -2.37. The van der Waals surface area contributed by atoms with Crippen LogP contribution in [0.3, 0.4) is 0 Å². The van der Waals surface area contributed by atoms with Gasteiger partial charge in [0.2, 0.25) is 65.2 Å². The summed E-state index contributed by atoms with van der Waals surface area (Å²) in [7, 11) is 1.47. The third kappa shape index (κ3) is 18.1. The van der Waals surface area contributed by atoms with E-state index in [1.165, 1.54) is 33.0 Å². The Morgan fingerprint density at radius 2 is 1.32 bits per heavy atom. The zero-order chi connectivity index (χ0) is 82.9. The second-order valence-corrected chi connectivity index (χ2v) is 30.0. The number of rotatable bonds is 16. The fraction of sp³-hybridized carbons (Fsp3) is 0.372. The Morgan fingerprint density at radius 3 is 1.97 bits per heavy atom. The van der Waals surface area contributed by atoms with Gasteiger partial charge < -0.3 is 134 Å². The molecule has 14 rings (SSSR count). The highest BCUT2D eigenvalue weighted by Crippen LogP contribution is 2.50. The Bertz CT molecular complexity index is 4960. The number of benzene rings is 7. The number of carbonyl (C=O) groups excluding carboxylic acids is 9. The number of aromatic hydroxyl groups is 3. The number of halogens is 2. The van der Waals surface area contributed by atoms with Crippen LogP contribution in [0.25, 0.3) is 21.9 Å². The highest BCUT2D eigenvalue weighted by molar-refractivity contribution is 6.32. The van der Waals surface area contributed by atoms with Gasteiger partial charge in [-0.15, -0.1) is 0 Å². The third-order valence-corrected chi connectivity index (χ3v) is 20.9. The van der Waals surface area contributed by atoms with E-state index in [1.807, 2.05) is 26.0 Å². The summed E-state index contributed by atoms with van der Waals surface area (Å²) in [6.45, 7) is 4.86. The molecule has 35 nitrogen and oxygen atoms in total. The number of carbonyl (C=O) groups is 9. The van der Waals surface area contributed by atoms with Crippen molar-refractivity contribution < 1.29 is 118 Å². The van der Waals surface area contributed by atoms with Crippen molar-refractivity contribution in [1.29, 1.82) is 0 Å². The molecule has 610 valence electrons. The molecule has 7 aliphatic rings. The molecule has 7 heterocycles. The number of aliphatic hydroxyl groups excluding tert-OH is 6. The molecule has 7 aromatic rings. The van der Waals surface area contributed by atoms with Gasteiger partial charge in [-0.2, -0.15) is 0 Å². The van der Waals surface area contributed by atoms with Crippen LogP contribution < -0.4 is 73.5 Å². The minimum absolute atomic E-state index is 0.108. The maximum absolute atomic E-state index is 16.3. The van der Waals surface area contributed by atoms with E-state index in [4.69, 9.17) is 63.1 Å². The standard InChI is InChI=1S/C78H85Cl2N11O24/c1-31(2)19-45(83-5)70(103)90-61-63(98)35-14-17-49(42(79)21-35)111-51-23-37-24-52(67(51)115-77-68(66(101)65(100)53(30-92)113-77)114-56-28-78(4,82)69(102)32(3)110-56)112-50-18-15-36(22-43(50)80)64(99)62-76(109)89-60(72(105)84-29-55(97)85-44-12-8-10-33-9-6-7-11-39(33)44)41-25-38(93)26-48(95)57(41)40-20-34(13-16-47(40)94)58(73(106)91-62)88-74(107)59(37)87-71(104)46(27-54(81)96)86-75(61)108/h6-18,20-26,31-32,45-46,53,56,58-66,68-69,77,83,92-95,98-102H,19,27-30,82H2,1-5H3,(H2,81,96)(H,84,105)(H,85,97)(H,86,108)(H,87,104)(H,88,107)(H,89,109)(H,90,103)(H,91,106)/t32-,45+,46-,53+,56?,58+,59?,60?,61+,62-,63+,64+,65+,66-,68+,69+,77-,78-/m0/s1. The van der Waals surface area contributed by atoms with Crippen molar-refractivity contribution in [2.24, 2.45) is 17.4 Å². The number of hydrogen-bond donors (Lipinski definition) is 20. The van der Waals surface area contributed by atoms with Crippen LogP contribution in [0.15, 0.2) is 121 Å². The van der Waals surface area contributed by atoms with E-state index in [1.54, 1.807) is 30.3 Å². The van der Waals surface area contributed by atoms with Crippen LogP contribution in [-0.4, -0.2) is 198 Å². The van der Waals surface area contributed by atoms with Crippen molar-refractivity contribution in [3.05, 3.63) is 159 Å². The van der Waals surface area contributed by atoms with Gasteiger partial charge >= 0.3 is 0 Å². The molecule has 3 unspecified atom stereocenters. The molecule has 37 heteroatoms. The topological polar surface area (TPSA) is 551 Å². The third-order valence-electron chi connectivity index (χ3n) is 20.3. The molecule has 0 aromatic heterocycles. The summed E-state index contributed by atoms with van der Waals surface area (Å²) < 4.78 is 38.6. The van der Waals surface area contributed by atoms with Crippen LogP contribution in [-0.2, 0) is 57.4 Å². The van der Waals surface area contributed by atoms with Crippen molar-refractivity contribution in [2.75, 3.05) is 25.5 Å². The van der Waals surface area contributed by atoms with Crippen LogP contribution in [0.5, 0.6) is 46.0 Å². The van der Waals surface area contributed by atoms with Gasteiger partial charge in [0.1, 0.15) is 95.5 Å². The van der Waals surface area contributed by atoms with Crippen molar-refractivity contribution in [3.63, 3.8) is 0 Å². The first-order chi connectivity index (χ1) is 54.6. The Kier molecular flexibility index (Phi) is 25.1. The summed E-state index contributed by atoms with van der Waals surface area (Å²) in [5.41, 5.74) is 8.54. The first kappa shape index (κ1) is 83.4. The number of aliphatic hydroxyl groups is 6. The molecular weight excluding hydrogens is 1550 g/mol. The molecule has 11 bridgehead atoms. The molecule has 2 saturated heterocycles. The number of hydrogen-bond acceptors (Lipinski definition) is 26. The van der Waals surface area contributed by atoms with E-state index in [-0.39, 0.29) is 46.2 Å². The normalized spacial score (nSPS) is 27.2. The van der Waals surface area contributed by atoms with Gasteiger partial charge in [0, 0.05) is 40.2 Å². The number of ether oxygens (including phenoxy) is 6. The lowest BCUT2D eigenvalue weighted by molar-refractivity contribution is -0.333. The molecule has 0 spiro atoms. The minimum Gasteiger partial charge on any atom is -0.508 e. The van der Waals surface area contributed by atoms with Crippen molar-refractivity contribution in [1.82, 2.24) is 42.5 Å². The number of phenols is 3. The molecule has 22 N–H and O–H groups in total. The SMILES string of the molecule is CN[C@H](CC(C)C)C(=O)N[C@H]1C(=O)N[C@@H](CC(N)=O)C(=O)NC2C(=O)N[C@H]3C(=O)N[C@H](C(=O)NC(C(=O)NCC(=O)Nc4cccc5ccccc45)c4cc(O)cc(O)c4-c4cc3ccc4O)[C@H](O)c3ccc(c(Cl)c3)Oc3cc2cc(c3O[C@@H]2O[C@H](CO)[C@@H](O)[C@H](O)[C@H]2OC2C[C@](C)(N)[C@H](O)[C@H](C)O2)Oc2ccc(cc2Cl)[C@H]1O. The van der Waals surface area contributed by atoms with Crippen molar-refractivity contribution in [3.8, 4) is 57.1 Å². The number of amides is 9. The number of primary amides is 1. The Morgan fingerprint density at radius 1 is 0.687 bits per heavy atom. The molecule has 7 aliphatic heterocycles. The van der Waals surface area contributed by atoms with Gasteiger partial charge in [0.05, 0.1) is 47.9 Å². The molecule has 2 fully saturated rings. The summed E-state index contributed by atoms with van der Waals surface area (Å²) in [5, 5.41) is 129.